The van der Waals surface area contributed by atoms with Crippen molar-refractivity contribution in [2.24, 2.45) is 0 Å². The summed E-state index contributed by atoms with van der Waals surface area (Å²) in [5.74, 6) is 0.0220. The predicted molar refractivity (Wildman–Crippen MR) is 77.1 cm³/mol. The summed E-state index contributed by atoms with van der Waals surface area (Å²) in [5, 5.41) is 0. The van der Waals surface area contributed by atoms with Crippen LogP contribution >= 0.6 is 0 Å². The Morgan fingerprint density at radius 1 is 1.20 bits per heavy atom. The van der Waals surface area contributed by atoms with Crippen molar-refractivity contribution in [2.75, 3.05) is 6.54 Å². The molecule has 2 N–H and O–H groups in total. The number of rotatable bonds is 5. The fraction of sp³-hybridized carbons (Fsp3) is 0.214. The first kappa shape index (κ1) is 14.5. The van der Waals surface area contributed by atoms with Gasteiger partial charge < -0.3 is 4.98 Å². The Morgan fingerprint density at radius 2 is 1.90 bits per heavy atom. The Morgan fingerprint density at radius 3 is 2.55 bits per heavy atom. The molecule has 5 nitrogen and oxygen atoms in total. The summed E-state index contributed by atoms with van der Waals surface area (Å²) in [6.07, 6.45) is 2.59. The molecular formula is C14H16N2O3S. The minimum Gasteiger partial charge on any atom is -0.366 e. The second-order valence-electron chi connectivity index (χ2n) is 4.54. The molecule has 20 heavy (non-hydrogen) atoms. The van der Waals surface area contributed by atoms with Gasteiger partial charge in [-0.2, -0.15) is 0 Å². The molecule has 2 aromatic rings. The number of sulfonamides is 1. The molecule has 0 bridgehead atoms. The van der Waals surface area contributed by atoms with Gasteiger partial charge in [-0.1, -0.05) is 37.3 Å². The Hall–Kier alpha value is -1.92. The number of H-pyrrole nitrogens is 1. The largest absolute Gasteiger partial charge is 0.366 e. The van der Waals surface area contributed by atoms with Crippen LogP contribution in [0.25, 0.3) is 0 Å². The van der Waals surface area contributed by atoms with E-state index < -0.39 is 15.5 Å². The third-order valence-corrected chi connectivity index (χ3v) is 4.47. The zero-order chi connectivity index (χ0) is 14.6. The van der Waals surface area contributed by atoms with E-state index in [9.17, 15) is 13.2 Å². The highest BCUT2D eigenvalue weighted by atomic mass is 32.2. The number of benzene rings is 1. The summed E-state index contributed by atoms with van der Waals surface area (Å²) >= 11 is 0. The maximum absolute atomic E-state index is 12.1. The molecule has 0 aliphatic carbocycles. The Bertz CT molecular complexity index is 723. The van der Waals surface area contributed by atoms with Crippen LogP contribution in [0.5, 0.6) is 0 Å². The molecule has 0 saturated carbocycles. The minimum atomic E-state index is -3.79. The average Bonchev–Trinajstić information content (AvgIpc) is 2.46. The normalized spacial score (nSPS) is 13.1. The molecule has 0 spiro atoms. The third-order valence-electron chi connectivity index (χ3n) is 3.03. The summed E-state index contributed by atoms with van der Waals surface area (Å²) < 4.78 is 26.6. The maximum atomic E-state index is 12.1. The van der Waals surface area contributed by atoms with E-state index in [0.717, 1.165) is 5.56 Å². The van der Waals surface area contributed by atoms with Crippen LogP contribution in [0.1, 0.15) is 18.4 Å². The van der Waals surface area contributed by atoms with Gasteiger partial charge in [0.05, 0.1) is 0 Å². The van der Waals surface area contributed by atoms with Gasteiger partial charge in [0, 0.05) is 25.0 Å². The van der Waals surface area contributed by atoms with Gasteiger partial charge >= 0.3 is 0 Å². The lowest BCUT2D eigenvalue weighted by molar-refractivity contribution is 0.573. The molecule has 0 amide bonds. The lowest BCUT2D eigenvalue weighted by Crippen LogP contribution is -2.31. The van der Waals surface area contributed by atoms with E-state index in [0.29, 0.717) is 0 Å². The van der Waals surface area contributed by atoms with Crippen molar-refractivity contribution in [3.8, 4) is 0 Å². The van der Waals surface area contributed by atoms with Crippen LogP contribution in [-0.4, -0.2) is 19.9 Å². The van der Waals surface area contributed by atoms with Crippen LogP contribution in [0.15, 0.2) is 58.5 Å². The standard InChI is InChI=1S/C14H16N2O3S/c1-11(12-5-3-2-4-6-12)9-16-20(18,19)14-10-15-8-7-13(14)17/h2-8,10-11,16H,9H2,1H3,(H,15,17). The quantitative estimate of drug-likeness (QED) is 0.875. The van der Waals surface area contributed by atoms with Crippen molar-refractivity contribution < 1.29 is 8.42 Å². The molecule has 0 radical (unpaired) electrons. The molecular weight excluding hydrogens is 276 g/mol. The summed E-state index contributed by atoms with van der Waals surface area (Å²) in [6.45, 7) is 2.16. The first-order chi connectivity index (χ1) is 9.50. The lowest BCUT2D eigenvalue weighted by atomic mass is 10.0. The number of pyridine rings is 1. The van der Waals surface area contributed by atoms with E-state index in [4.69, 9.17) is 0 Å². The maximum Gasteiger partial charge on any atom is 0.245 e. The van der Waals surface area contributed by atoms with Crippen LogP contribution in [0, 0.1) is 0 Å². The number of nitrogens with one attached hydrogen (secondary N) is 2. The Balaban J connectivity index is 2.11. The van der Waals surface area contributed by atoms with Gasteiger partial charge in [-0.3, -0.25) is 4.79 Å². The first-order valence-electron chi connectivity index (χ1n) is 6.22. The average molecular weight is 292 g/mol. The van der Waals surface area contributed by atoms with Crippen molar-refractivity contribution in [1.29, 1.82) is 0 Å². The first-order valence-corrected chi connectivity index (χ1v) is 7.71. The molecule has 1 aromatic carbocycles. The second kappa shape index (κ2) is 6.02. The van der Waals surface area contributed by atoms with Gasteiger partial charge in [0.2, 0.25) is 15.5 Å². The predicted octanol–water partition coefficient (Wildman–Crippen LogP) is 1.46. The third kappa shape index (κ3) is 3.34. The molecule has 1 aromatic heterocycles. The summed E-state index contributed by atoms with van der Waals surface area (Å²) in [7, 11) is -3.79. The van der Waals surface area contributed by atoms with Crippen LogP contribution in [0.4, 0.5) is 0 Å². The highest BCUT2D eigenvalue weighted by Gasteiger charge is 2.18. The van der Waals surface area contributed by atoms with E-state index >= 15 is 0 Å². The topological polar surface area (TPSA) is 79.0 Å². The van der Waals surface area contributed by atoms with Gasteiger partial charge in [0.1, 0.15) is 4.90 Å². The van der Waals surface area contributed by atoms with Gasteiger partial charge in [0.15, 0.2) is 0 Å². The lowest BCUT2D eigenvalue weighted by Gasteiger charge is -2.13. The van der Waals surface area contributed by atoms with Crippen molar-refractivity contribution in [2.45, 2.75) is 17.7 Å². The van der Waals surface area contributed by atoms with Crippen LogP contribution in [-0.2, 0) is 10.0 Å². The molecule has 1 heterocycles. The minimum absolute atomic E-state index is 0.0220. The van der Waals surface area contributed by atoms with Crippen LogP contribution in [0.2, 0.25) is 0 Å². The van der Waals surface area contributed by atoms with Crippen LogP contribution < -0.4 is 10.2 Å². The Kier molecular flexibility index (Phi) is 4.36. The highest BCUT2D eigenvalue weighted by Crippen LogP contribution is 2.14. The fourth-order valence-electron chi connectivity index (χ4n) is 1.82. The van der Waals surface area contributed by atoms with E-state index in [-0.39, 0.29) is 17.4 Å². The van der Waals surface area contributed by atoms with E-state index in [1.807, 2.05) is 37.3 Å². The zero-order valence-corrected chi connectivity index (χ0v) is 11.9. The number of hydrogen-bond donors (Lipinski definition) is 2. The summed E-state index contributed by atoms with van der Waals surface area (Å²) in [4.78, 5) is 13.9. The zero-order valence-electron chi connectivity index (χ0n) is 11.0. The van der Waals surface area contributed by atoms with Crippen molar-refractivity contribution in [3.63, 3.8) is 0 Å². The number of aromatic amines is 1. The molecule has 0 aliphatic heterocycles. The molecule has 6 heteroatoms. The SMILES string of the molecule is CC(CNS(=O)(=O)c1c[nH]ccc1=O)c1ccccc1. The van der Waals surface area contributed by atoms with Crippen molar-refractivity contribution in [3.05, 3.63) is 64.6 Å². The molecule has 106 valence electrons. The molecule has 1 atom stereocenters. The van der Waals surface area contributed by atoms with Gasteiger partial charge in [-0.25, -0.2) is 13.1 Å². The molecule has 2 rings (SSSR count). The van der Waals surface area contributed by atoms with E-state index in [1.165, 1.54) is 18.5 Å². The van der Waals surface area contributed by atoms with E-state index in [1.54, 1.807) is 0 Å². The van der Waals surface area contributed by atoms with Crippen LogP contribution in [0.3, 0.4) is 0 Å². The molecule has 0 fully saturated rings. The monoisotopic (exact) mass is 292 g/mol. The van der Waals surface area contributed by atoms with E-state index in [2.05, 4.69) is 9.71 Å². The van der Waals surface area contributed by atoms with Gasteiger partial charge in [-0.15, -0.1) is 0 Å². The van der Waals surface area contributed by atoms with Gasteiger partial charge in [0.25, 0.3) is 0 Å². The smallest absolute Gasteiger partial charge is 0.245 e. The van der Waals surface area contributed by atoms with Crippen molar-refractivity contribution in [1.82, 2.24) is 9.71 Å². The molecule has 0 saturated heterocycles. The van der Waals surface area contributed by atoms with Gasteiger partial charge in [-0.05, 0) is 11.5 Å². The van der Waals surface area contributed by atoms with Crippen molar-refractivity contribution >= 4 is 10.0 Å². The number of aromatic nitrogens is 1. The number of hydrogen-bond acceptors (Lipinski definition) is 3. The molecule has 1 unspecified atom stereocenters. The second-order valence-corrected chi connectivity index (χ2v) is 6.27. The molecule has 0 aliphatic rings. The highest BCUT2D eigenvalue weighted by molar-refractivity contribution is 7.89. The summed E-state index contributed by atoms with van der Waals surface area (Å²) in [5.41, 5.74) is 0.515. The fourth-order valence-corrected chi connectivity index (χ4v) is 3.00. The Labute approximate surface area is 117 Å². The summed E-state index contributed by atoms with van der Waals surface area (Å²) in [6, 6.07) is 10.8.